The van der Waals surface area contributed by atoms with Gasteiger partial charge in [0.2, 0.25) is 5.91 Å². The fourth-order valence-electron chi connectivity index (χ4n) is 3.15. The van der Waals surface area contributed by atoms with E-state index in [4.69, 9.17) is 5.73 Å². The van der Waals surface area contributed by atoms with Crippen molar-refractivity contribution < 1.29 is 4.79 Å². The molecular formula is C18H28N2O. The first-order valence-electron chi connectivity index (χ1n) is 8.03. The Labute approximate surface area is 128 Å². The number of nitrogens with two attached hydrogens (primary N) is 1. The van der Waals surface area contributed by atoms with Crippen molar-refractivity contribution in [2.24, 2.45) is 17.1 Å². The minimum atomic E-state index is 0.0633. The molecule has 1 aromatic carbocycles. The highest BCUT2D eigenvalue weighted by molar-refractivity contribution is 5.78. The van der Waals surface area contributed by atoms with Crippen LogP contribution >= 0.6 is 0 Å². The van der Waals surface area contributed by atoms with E-state index in [1.807, 2.05) is 6.07 Å². The Hall–Kier alpha value is -1.35. The summed E-state index contributed by atoms with van der Waals surface area (Å²) < 4.78 is 0. The highest BCUT2D eigenvalue weighted by atomic mass is 16.1. The van der Waals surface area contributed by atoms with E-state index in [0.717, 1.165) is 32.1 Å². The number of carbonyl (C=O) groups excluding carboxylic acids is 1. The molecule has 2 atom stereocenters. The summed E-state index contributed by atoms with van der Waals surface area (Å²) in [5.74, 6) is 0.299. The number of carbonyl (C=O) groups is 1. The molecule has 0 aromatic heterocycles. The van der Waals surface area contributed by atoms with E-state index in [2.05, 4.69) is 43.4 Å². The Morgan fingerprint density at radius 2 is 2.00 bits per heavy atom. The molecule has 2 rings (SSSR count). The van der Waals surface area contributed by atoms with Crippen LogP contribution in [-0.4, -0.2) is 18.5 Å². The summed E-state index contributed by atoms with van der Waals surface area (Å²) in [4.78, 5) is 12.3. The van der Waals surface area contributed by atoms with Gasteiger partial charge in [-0.1, -0.05) is 50.6 Å². The summed E-state index contributed by atoms with van der Waals surface area (Å²) in [7, 11) is 0. The number of nitrogens with one attached hydrogen (secondary N) is 1. The van der Waals surface area contributed by atoms with Crippen molar-refractivity contribution in [2.45, 2.75) is 52.0 Å². The molecule has 1 amide bonds. The van der Waals surface area contributed by atoms with Gasteiger partial charge in [0.05, 0.1) is 0 Å². The predicted octanol–water partition coefficient (Wildman–Crippen LogP) is 2.89. The van der Waals surface area contributed by atoms with Gasteiger partial charge < -0.3 is 11.1 Å². The van der Waals surface area contributed by atoms with Gasteiger partial charge in [-0.05, 0) is 36.7 Å². The fraction of sp³-hybridized carbons (Fsp3) is 0.611. The Morgan fingerprint density at radius 3 is 2.67 bits per heavy atom. The molecule has 21 heavy (non-hydrogen) atoms. The highest BCUT2D eigenvalue weighted by Gasteiger charge is 2.27. The van der Waals surface area contributed by atoms with Crippen LogP contribution < -0.4 is 11.1 Å². The number of hydrogen-bond donors (Lipinski definition) is 2. The summed E-state index contributed by atoms with van der Waals surface area (Å²) in [6, 6.07) is 10.6. The Bertz CT molecular complexity index is 456. The zero-order valence-corrected chi connectivity index (χ0v) is 13.3. The molecular weight excluding hydrogens is 260 g/mol. The lowest BCUT2D eigenvalue weighted by atomic mass is 9.83. The van der Waals surface area contributed by atoms with Crippen LogP contribution in [0.25, 0.3) is 0 Å². The first-order chi connectivity index (χ1) is 9.96. The van der Waals surface area contributed by atoms with Crippen LogP contribution in [0.4, 0.5) is 0 Å². The summed E-state index contributed by atoms with van der Waals surface area (Å²) in [6.45, 7) is 5.12. The van der Waals surface area contributed by atoms with Gasteiger partial charge in [0.1, 0.15) is 0 Å². The number of hydrogen-bond acceptors (Lipinski definition) is 2. The average molecular weight is 288 g/mol. The number of amides is 1. The first kappa shape index (κ1) is 16.0. The summed E-state index contributed by atoms with van der Waals surface area (Å²) in [5, 5.41) is 3.14. The van der Waals surface area contributed by atoms with Crippen molar-refractivity contribution in [3.8, 4) is 0 Å². The van der Waals surface area contributed by atoms with E-state index in [0.29, 0.717) is 6.54 Å². The molecule has 1 saturated carbocycles. The lowest BCUT2D eigenvalue weighted by Gasteiger charge is -2.29. The van der Waals surface area contributed by atoms with Gasteiger partial charge in [0, 0.05) is 18.5 Å². The van der Waals surface area contributed by atoms with Crippen molar-refractivity contribution >= 4 is 5.91 Å². The summed E-state index contributed by atoms with van der Waals surface area (Å²) in [6.07, 6.45) is 4.93. The molecule has 1 aromatic rings. The lowest BCUT2D eigenvalue weighted by Crippen LogP contribution is -2.41. The molecule has 0 spiro atoms. The molecule has 3 heteroatoms. The van der Waals surface area contributed by atoms with E-state index in [9.17, 15) is 4.79 Å². The molecule has 0 heterocycles. The molecule has 1 aliphatic carbocycles. The van der Waals surface area contributed by atoms with Crippen molar-refractivity contribution in [2.75, 3.05) is 6.54 Å². The number of benzene rings is 1. The SMILES string of the molecule is CC(C)(CNC(=O)C1CCCC(N)C1)Cc1ccccc1. The Morgan fingerprint density at radius 1 is 1.29 bits per heavy atom. The molecule has 0 aliphatic heterocycles. The van der Waals surface area contributed by atoms with E-state index in [-0.39, 0.29) is 23.3 Å². The minimum Gasteiger partial charge on any atom is -0.355 e. The average Bonchev–Trinajstić information content (AvgIpc) is 2.45. The van der Waals surface area contributed by atoms with Gasteiger partial charge in [-0.25, -0.2) is 0 Å². The van der Waals surface area contributed by atoms with Crippen LogP contribution in [0.2, 0.25) is 0 Å². The van der Waals surface area contributed by atoms with Crippen molar-refractivity contribution in [3.63, 3.8) is 0 Å². The van der Waals surface area contributed by atoms with Gasteiger partial charge in [0.15, 0.2) is 0 Å². The lowest BCUT2D eigenvalue weighted by molar-refractivity contribution is -0.126. The van der Waals surface area contributed by atoms with Crippen LogP contribution in [0.1, 0.15) is 45.1 Å². The van der Waals surface area contributed by atoms with Gasteiger partial charge in [-0.15, -0.1) is 0 Å². The van der Waals surface area contributed by atoms with Gasteiger partial charge in [0.25, 0.3) is 0 Å². The first-order valence-corrected chi connectivity index (χ1v) is 8.03. The third-order valence-electron chi connectivity index (χ3n) is 4.35. The fourth-order valence-corrected chi connectivity index (χ4v) is 3.15. The van der Waals surface area contributed by atoms with E-state index in [1.165, 1.54) is 5.56 Å². The van der Waals surface area contributed by atoms with Gasteiger partial charge >= 0.3 is 0 Å². The van der Waals surface area contributed by atoms with E-state index >= 15 is 0 Å². The highest BCUT2D eigenvalue weighted by Crippen LogP contribution is 2.24. The molecule has 0 radical (unpaired) electrons. The molecule has 0 bridgehead atoms. The molecule has 3 N–H and O–H groups in total. The number of rotatable bonds is 5. The predicted molar refractivity (Wildman–Crippen MR) is 86.9 cm³/mol. The molecule has 1 aliphatic rings. The van der Waals surface area contributed by atoms with Crippen molar-refractivity contribution in [1.29, 1.82) is 0 Å². The van der Waals surface area contributed by atoms with Crippen LogP contribution in [0.15, 0.2) is 30.3 Å². The zero-order chi connectivity index (χ0) is 15.3. The largest absolute Gasteiger partial charge is 0.355 e. The molecule has 116 valence electrons. The molecule has 1 fully saturated rings. The zero-order valence-electron chi connectivity index (χ0n) is 13.3. The van der Waals surface area contributed by atoms with Crippen LogP contribution in [-0.2, 0) is 11.2 Å². The van der Waals surface area contributed by atoms with Crippen LogP contribution in [0, 0.1) is 11.3 Å². The quantitative estimate of drug-likeness (QED) is 0.875. The second kappa shape index (κ2) is 7.08. The molecule has 0 saturated heterocycles. The monoisotopic (exact) mass is 288 g/mol. The van der Waals surface area contributed by atoms with Crippen LogP contribution in [0.5, 0.6) is 0 Å². The third kappa shape index (κ3) is 5.16. The molecule has 3 nitrogen and oxygen atoms in total. The van der Waals surface area contributed by atoms with Gasteiger partial charge in [-0.3, -0.25) is 4.79 Å². The maximum absolute atomic E-state index is 12.3. The van der Waals surface area contributed by atoms with Crippen LogP contribution in [0.3, 0.4) is 0 Å². The Balaban J connectivity index is 1.82. The second-order valence-corrected chi connectivity index (χ2v) is 7.17. The maximum atomic E-state index is 12.3. The summed E-state index contributed by atoms with van der Waals surface area (Å²) in [5.41, 5.74) is 7.35. The Kier molecular flexibility index (Phi) is 5.40. The van der Waals surface area contributed by atoms with Crippen molar-refractivity contribution in [3.05, 3.63) is 35.9 Å². The third-order valence-corrected chi connectivity index (χ3v) is 4.35. The van der Waals surface area contributed by atoms with Crippen molar-refractivity contribution in [1.82, 2.24) is 5.32 Å². The molecule has 2 unspecified atom stereocenters. The minimum absolute atomic E-state index is 0.0633. The second-order valence-electron chi connectivity index (χ2n) is 7.17. The maximum Gasteiger partial charge on any atom is 0.223 e. The summed E-state index contributed by atoms with van der Waals surface area (Å²) >= 11 is 0. The topological polar surface area (TPSA) is 55.1 Å². The van der Waals surface area contributed by atoms with E-state index < -0.39 is 0 Å². The normalized spacial score (nSPS) is 22.8. The smallest absolute Gasteiger partial charge is 0.223 e. The standard InChI is InChI=1S/C18H28N2O/c1-18(2,12-14-7-4-3-5-8-14)13-20-17(21)15-9-6-10-16(19)11-15/h3-5,7-8,15-16H,6,9-13,19H2,1-2H3,(H,20,21). The van der Waals surface area contributed by atoms with Gasteiger partial charge in [-0.2, -0.15) is 0 Å². The van der Waals surface area contributed by atoms with E-state index in [1.54, 1.807) is 0 Å².